The fraction of sp³-hybridized carbons (Fsp3) is 0.438. The molecule has 0 aliphatic heterocycles. The van der Waals surface area contributed by atoms with Crippen LogP contribution in [0, 0.1) is 0 Å². The van der Waals surface area contributed by atoms with Gasteiger partial charge in [0.15, 0.2) is 0 Å². The molecule has 0 radical (unpaired) electrons. The minimum Gasteiger partial charge on any atom is -0.466 e. The third kappa shape index (κ3) is 5.16. The van der Waals surface area contributed by atoms with Crippen LogP contribution in [-0.4, -0.2) is 19.6 Å². The lowest BCUT2D eigenvalue weighted by Gasteiger charge is -2.06. The Hall–Kier alpha value is -1.77. The fourth-order valence-electron chi connectivity index (χ4n) is 1.87. The quantitative estimate of drug-likeness (QED) is 0.602. The number of carbonyl (C=O) groups excluding carboxylic acids is 1. The number of carbonyl (C=O) groups is 1. The van der Waals surface area contributed by atoms with Gasteiger partial charge in [0.05, 0.1) is 7.11 Å². The second kappa shape index (κ2) is 8.35. The minimum absolute atomic E-state index is 0.248. The Morgan fingerprint density at radius 3 is 2.47 bits per heavy atom. The molecule has 19 heavy (non-hydrogen) atoms. The van der Waals surface area contributed by atoms with E-state index in [0.29, 0.717) is 18.5 Å². The van der Waals surface area contributed by atoms with Crippen LogP contribution >= 0.6 is 0 Å². The van der Waals surface area contributed by atoms with Gasteiger partial charge in [-0.15, -0.1) is 0 Å². The zero-order valence-electron chi connectivity index (χ0n) is 12.0. The molecule has 0 amide bonds. The van der Waals surface area contributed by atoms with Gasteiger partial charge in [0.1, 0.15) is 0 Å². The summed E-state index contributed by atoms with van der Waals surface area (Å²) in [6, 6.07) is 8.42. The van der Waals surface area contributed by atoms with E-state index in [-0.39, 0.29) is 5.97 Å². The van der Waals surface area contributed by atoms with Crippen LogP contribution in [0.25, 0.3) is 0 Å². The minimum atomic E-state index is -0.248. The molecule has 0 saturated heterocycles. The van der Waals surface area contributed by atoms with Gasteiger partial charge >= 0.3 is 5.97 Å². The number of rotatable bonds is 7. The number of methoxy groups -OCH3 is 1. The van der Waals surface area contributed by atoms with Crippen molar-refractivity contribution in [1.82, 2.24) is 0 Å². The van der Waals surface area contributed by atoms with Gasteiger partial charge in [0.25, 0.3) is 0 Å². The van der Waals surface area contributed by atoms with Crippen LogP contribution in [-0.2, 0) is 16.0 Å². The molecule has 1 aromatic rings. The van der Waals surface area contributed by atoms with Crippen LogP contribution in [0.3, 0.4) is 0 Å². The lowest BCUT2D eigenvalue weighted by molar-refractivity contribution is -0.136. The van der Waals surface area contributed by atoms with Gasteiger partial charge in [-0.05, 0) is 30.5 Å². The fourth-order valence-corrected chi connectivity index (χ4v) is 1.87. The summed E-state index contributed by atoms with van der Waals surface area (Å²) in [5, 5.41) is 3.27. The van der Waals surface area contributed by atoms with Crippen molar-refractivity contribution in [3.63, 3.8) is 0 Å². The number of hydrogen-bond donors (Lipinski definition) is 1. The maximum Gasteiger partial charge on any atom is 0.333 e. The van der Waals surface area contributed by atoms with Crippen LogP contribution in [0.2, 0.25) is 0 Å². The zero-order chi connectivity index (χ0) is 14.1. The van der Waals surface area contributed by atoms with Crippen molar-refractivity contribution in [1.29, 1.82) is 0 Å². The van der Waals surface area contributed by atoms with Gasteiger partial charge in [0, 0.05) is 17.8 Å². The van der Waals surface area contributed by atoms with Crippen LogP contribution in [0.15, 0.2) is 35.9 Å². The van der Waals surface area contributed by atoms with Gasteiger partial charge in [-0.2, -0.15) is 0 Å². The van der Waals surface area contributed by atoms with Crippen molar-refractivity contribution in [3.05, 3.63) is 41.5 Å². The highest BCUT2D eigenvalue weighted by molar-refractivity contribution is 5.88. The summed E-state index contributed by atoms with van der Waals surface area (Å²) >= 11 is 0. The third-order valence-corrected chi connectivity index (χ3v) is 2.98. The van der Waals surface area contributed by atoms with Gasteiger partial charge in [-0.25, -0.2) is 4.79 Å². The lowest BCUT2D eigenvalue weighted by atomic mass is 10.1. The molecule has 0 bridgehead atoms. The molecule has 0 unspecified atom stereocenters. The van der Waals surface area contributed by atoms with E-state index < -0.39 is 0 Å². The molecule has 1 rings (SSSR count). The predicted octanol–water partition coefficient (Wildman–Crippen LogP) is 3.56. The number of benzene rings is 1. The van der Waals surface area contributed by atoms with E-state index in [4.69, 9.17) is 4.74 Å². The van der Waals surface area contributed by atoms with E-state index in [2.05, 4.69) is 36.5 Å². The standard InChI is InChI=1S/C16H23NO2/c1-4-6-13-7-9-15(10-8-13)17-12-11-14(5-2)16(18)19-3/h7-11,17H,4-6,12H2,1-3H3/b14-11-. The maximum atomic E-state index is 11.4. The zero-order valence-corrected chi connectivity index (χ0v) is 12.0. The number of aryl methyl sites for hydroxylation is 1. The average molecular weight is 261 g/mol. The first-order valence-electron chi connectivity index (χ1n) is 6.81. The molecule has 0 atom stereocenters. The van der Waals surface area contributed by atoms with E-state index in [9.17, 15) is 4.79 Å². The Labute approximate surface area is 115 Å². The molecule has 1 aromatic carbocycles. The van der Waals surface area contributed by atoms with Crippen molar-refractivity contribution >= 4 is 11.7 Å². The second-order valence-corrected chi connectivity index (χ2v) is 4.40. The molecule has 1 N–H and O–H groups in total. The summed E-state index contributed by atoms with van der Waals surface area (Å²) in [7, 11) is 1.41. The molecular formula is C16H23NO2. The Kier molecular flexibility index (Phi) is 6.72. The van der Waals surface area contributed by atoms with Gasteiger partial charge in [-0.1, -0.05) is 38.5 Å². The summed E-state index contributed by atoms with van der Waals surface area (Å²) in [4.78, 5) is 11.4. The van der Waals surface area contributed by atoms with Gasteiger partial charge in [0.2, 0.25) is 0 Å². The second-order valence-electron chi connectivity index (χ2n) is 4.40. The Bertz CT molecular complexity index is 421. The summed E-state index contributed by atoms with van der Waals surface area (Å²) in [6.07, 6.45) is 4.84. The molecule has 0 aliphatic rings. The molecular weight excluding hydrogens is 238 g/mol. The van der Waals surface area contributed by atoms with Crippen LogP contribution in [0.5, 0.6) is 0 Å². The molecule has 0 saturated carbocycles. The summed E-state index contributed by atoms with van der Waals surface area (Å²) < 4.78 is 4.71. The monoisotopic (exact) mass is 261 g/mol. The normalized spacial score (nSPS) is 11.2. The van der Waals surface area contributed by atoms with Crippen molar-refractivity contribution < 1.29 is 9.53 Å². The molecule has 3 nitrogen and oxygen atoms in total. The largest absolute Gasteiger partial charge is 0.466 e. The van der Waals surface area contributed by atoms with E-state index in [1.807, 2.05) is 13.0 Å². The van der Waals surface area contributed by atoms with Crippen molar-refractivity contribution in [3.8, 4) is 0 Å². The molecule has 3 heteroatoms. The lowest BCUT2D eigenvalue weighted by Crippen LogP contribution is -2.07. The molecule has 0 spiro atoms. The highest BCUT2D eigenvalue weighted by Gasteiger charge is 2.05. The summed E-state index contributed by atoms with van der Waals surface area (Å²) in [5.41, 5.74) is 3.13. The first-order valence-corrected chi connectivity index (χ1v) is 6.81. The number of nitrogens with one attached hydrogen (secondary N) is 1. The Morgan fingerprint density at radius 2 is 1.95 bits per heavy atom. The van der Waals surface area contributed by atoms with E-state index in [1.54, 1.807) is 0 Å². The third-order valence-electron chi connectivity index (χ3n) is 2.98. The molecule has 0 aromatic heterocycles. The van der Waals surface area contributed by atoms with Crippen LogP contribution in [0.1, 0.15) is 32.3 Å². The Balaban J connectivity index is 2.52. The van der Waals surface area contributed by atoms with Crippen molar-refractivity contribution in [2.45, 2.75) is 33.1 Å². The maximum absolute atomic E-state index is 11.4. The highest BCUT2D eigenvalue weighted by atomic mass is 16.5. The average Bonchev–Trinajstić information content (AvgIpc) is 2.45. The van der Waals surface area contributed by atoms with Crippen molar-refractivity contribution in [2.75, 3.05) is 19.0 Å². The van der Waals surface area contributed by atoms with E-state index >= 15 is 0 Å². The van der Waals surface area contributed by atoms with Crippen molar-refractivity contribution in [2.24, 2.45) is 0 Å². The SMILES string of the molecule is CCCc1ccc(NC/C=C(/CC)C(=O)OC)cc1. The molecule has 0 aliphatic carbocycles. The predicted molar refractivity (Wildman–Crippen MR) is 79.3 cm³/mol. The number of anilines is 1. The number of esters is 1. The molecule has 0 heterocycles. The Morgan fingerprint density at radius 1 is 1.26 bits per heavy atom. The topological polar surface area (TPSA) is 38.3 Å². The first-order chi connectivity index (χ1) is 9.21. The first kappa shape index (κ1) is 15.3. The summed E-state index contributed by atoms with van der Waals surface area (Å²) in [5.74, 6) is -0.248. The van der Waals surface area contributed by atoms with Gasteiger partial charge < -0.3 is 10.1 Å². The van der Waals surface area contributed by atoms with Crippen LogP contribution < -0.4 is 5.32 Å². The summed E-state index contributed by atoms with van der Waals surface area (Å²) in [6.45, 7) is 4.75. The van der Waals surface area contributed by atoms with E-state index in [1.165, 1.54) is 12.7 Å². The molecule has 0 fully saturated rings. The number of hydrogen-bond acceptors (Lipinski definition) is 3. The number of ether oxygens (including phenoxy) is 1. The molecule has 104 valence electrons. The highest BCUT2D eigenvalue weighted by Crippen LogP contribution is 2.11. The van der Waals surface area contributed by atoms with E-state index in [0.717, 1.165) is 18.5 Å². The van der Waals surface area contributed by atoms with Crippen LogP contribution in [0.4, 0.5) is 5.69 Å². The van der Waals surface area contributed by atoms with Gasteiger partial charge in [-0.3, -0.25) is 0 Å². The smallest absolute Gasteiger partial charge is 0.333 e.